The van der Waals surface area contributed by atoms with Gasteiger partial charge in [0.2, 0.25) is 0 Å². The van der Waals surface area contributed by atoms with Crippen LogP contribution in [0.2, 0.25) is 0 Å². The van der Waals surface area contributed by atoms with Gasteiger partial charge in [-0.05, 0) is 45.7 Å². The molecular weight excluding hydrogens is 272 g/mol. The van der Waals surface area contributed by atoms with Gasteiger partial charge in [-0.25, -0.2) is 9.59 Å². The maximum Gasteiger partial charge on any atom is 0.407 e. The maximum absolute atomic E-state index is 11.4. The molecule has 6 nitrogen and oxygen atoms in total. The number of carbonyl (C=O) groups is 2. The smallest absolute Gasteiger partial charge is 0.407 e. The molecule has 0 atom stereocenters. The lowest BCUT2D eigenvalue weighted by Crippen LogP contribution is -2.33. The van der Waals surface area contributed by atoms with Crippen molar-refractivity contribution in [2.45, 2.75) is 39.2 Å². The van der Waals surface area contributed by atoms with Crippen molar-refractivity contribution in [1.29, 1.82) is 0 Å². The number of aromatic nitrogens is 1. The third-order valence-electron chi connectivity index (χ3n) is 2.52. The summed E-state index contributed by atoms with van der Waals surface area (Å²) in [7, 11) is 1.33. The summed E-state index contributed by atoms with van der Waals surface area (Å²) in [6.07, 6.45) is 2.51. The fraction of sp³-hybridized carbons (Fsp3) is 0.533. The predicted octanol–water partition coefficient (Wildman–Crippen LogP) is 2.33. The van der Waals surface area contributed by atoms with E-state index in [-0.39, 0.29) is 0 Å². The Morgan fingerprint density at radius 1 is 1.29 bits per heavy atom. The van der Waals surface area contributed by atoms with Crippen LogP contribution in [0.25, 0.3) is 0 Å². The molecule has 1 aromatic heterocycles. The summed E-state index contributed by atoms with van der Waals surface area (Å²) in [6.45, 7) is 5.97. The molecule has 116 valence electrons. The second-order valence-electron chi connectivity index (χ2n) is 5.56. The number of amides is 1. The van der Waals surface area contributed by atoms with Gasteiger partial charge in [0.05, 0.1) is 12.7 Å². The van der Waals surface area contributed by atoms with Crippen molar-refractivity contribution < 1.29 is 19.1 Å². The summed E-state index contributed by atoms with van der Waals surface area (Å²) >= 11 is 0. The average molecular weight is 294 g/mol. The van der Waals surface area contributed by atoms with Crippen LogP contribution in [0.15, 0.2) is 18.3 Å². The number of rotatable bonds is 5. The minimum atomic E-state index is -0.491. The second kappa shape index (κ2) is 7.61. The van der Waals surface area contributed by atoms with Gasteiger partial charge < -0.3 is 14.8 Å². The minimum absolute atomic E-state index is 0.402. The molecule has 0 aliphatic rings. The summed E-state index contributed by atoms with van der Waals surface area (Å²) in [5.41, 5.74) is 0.789. The molecule has 21 heavy (non-hydrogen) atoms. The van der Waals surface area contributed by atoms with Crippen LogP contribution in [0.5, 0.6) is 0 Å². The van der Waals surface area contributed by atoms with Crippen LogP contribution in [0, 0.1) is 0 Å². The number of esters is 1. The van der Waals surface area contributed by atoms with Crippen molar-refractivity contribution in [3.05, 3.63) is 29.6 Å². The van der Waals surface area contributed by atoms with Gasteiger partial charge in [-0.2, -0.15) is 0 Å². The van der Waals surface area contributed by atoms with Crippen molar-refractivity contribution >= 4 is 12.1 Å². The van der Waals surface area contributed by atoms with Crippen molar-refractivity contribution in [2.24, 2.45) is 0 Å². The van der Waals surface area contributed by atoms with Crippen molar-refractivity contribution in [3.8, 4) is 0 Å². The molecule has 0 fully saturated rings. The van der Waals surface area contributed by atoms with Gasteiger partial charge in [0.25, 0.3) is 0 Å². The van der Waals surface area contributed by atoms with E-state index in [9.17, 15) is 9.59 Å². The molecule has 1 amide bonds. The molecule has 1 heterocycles. The highest BCUT2D eigenvalue weighted by Gasteiger charge is 2.15. The summed E-state index contributed by atoms with van der Waals surface area (Å²) in [5.74, 6) is -0.402. The molecule has 0 spiro atoms. The number of ether oxygens (including phenoxy) is 2. The van der Waals surface area contributed by atoms with E-state index in [1.807, 2.05) is 20.8 Å². The fourth-order valence-corrected chi connectivity index (χ4v) is 1.59. The Bertz CT molecular complexity index is 477. The Morgan fingerprint density at radius 2 is 2.00 bits per heavy atom. The Balaban J connectivity index is 2.30. The Hall–Kier alpha value is -2.11. The van der Waals surface area contributed by atoms with E-state index >= 15 is 0 Å². The SMILES string of the molecule is COC(=O)c1ccc(CCCNC(=O)OC(C)(C)C)nc1. The first-order valence-corrected chi connectivity index (χ1v) is 6.82. The molecule has 0 saturated carbocycles. The molecule has 0 aliphatic carbocycles. The average Bonchev–Trinajstić information content (AvgIpc) is 2.41. The van der Waals surface area contributed by atoms with Crippen molar-refractivity contribution in [3.63, 3.8) is 0 Å². The molecular formula is C15H22N2O4. The van der Waals surface area contributed by atoms with Gasteiger partial charge in [-0.15, -0.1) is 0 Å². The lowest BCUT2D eigenvalue weighted by Gasteiger charge is -2.19. The number of alkyl carbamates (subject to hydrolysis) is 1. The number of hydrogen-bond donors (Lipinski definition) is 1. The van der Waals surface area contributed by atoms with E-state index in [2.05, 4.69) is 15.0 Å². The monoisotopic (exact) mass is 294 g/mol. The van der Waals surface area contributed by atoms with E-state index < -0.39 is 17.7 Å². The van der Waals surface area contributed by atoms with Crippen LogP contribution < -0.4 is 5.32 Å². The summed E-state index contributed by atoms with van der Waals surface area (Å²) in [5, 5.41) is 2.69. The van der Waals surface area contributed by atoms with E-state index in [1.54, 1.807) is 12.1 Å². The van der Waals surface area contributed by atoms with Gasteiger partial charge >= 0.3 is 12.1 Å². The zero-order valence-electron chi connectivity index (χ0n) is 12.9. The van der Waals surface area contributed by atoms with Gasteiger partial charge in [0.1, 0.15) is 5.60 Å². The minimum Gasteiger partial charge on any atom is -0.465 e. The molecule has 1 aromatic rings. The van der Waals surface area contributed by atoms with Crippen LogP contribution in [0.4, 0.5) is 4.79 Å². The lowest BCUT2D eigenvalue weighted by atomic mass is 10.2. The standard InChI is InChI=1S/C15H22N2O4/c1-15(2,3)21-14(19)16-9-5-6-12-8-7-11(10-17-12)13(18)20-4/h7-8,10H,5-6,9H2,1-4H3,(H,16,19). The number of nitrogens with zero attached hydrogens (tertiary/aromatic N) is 1. The van der Waals surface area contributed by atoms with Crippen LogP contribution in [0.1, 0.15) is 43.2 Å². The predicted molar refractivity (Wildman–Crippen MR) is 78.1 cm³/mol. The van der Waals surface area contributed by atoms with Crippen LogP contribution in [0.3, 0.4) is 0 Å². The normalized spacial score (nSPS) is 10.9. The molecule has 1 N–H and O–H groups in total. The zero-order valence-corrected chi connectivity index (χ0v) is 12.9. The molecule has 0 saturated heterocycles. The summed E-state index contributed by atoms with van der Waals surface area (Å²) in [4.78, 5) is 26.9. The highest BCUT2D eigenvalue weighted by atomic mass is 16.6. The van der Waals surface area contributed by atoms with Crippen molar-refractivity contribution in [2.75, 3.05) is 13.7 Å². The van der Waals surface area contributed by atoms with Crippen LogP contribution >= 0.6 is 0 Å². The molecule has 0 unspecified atom stereocenters. The number of nitrogens with one attached hydrogen (secondary N) is 1. The molecule has 6 heteroatoms. The summed E-state index contributed by atoms with van der Waals surface area (Å²) < 4.78 is 9.73. The molecule has 0 aliphatic heterocycles. The number of methoxy groups -OCH3 is 1. The third kappa shape index (κ3) is 6.74. The van der Waals surface area contributed by atoms with Gasteiger partial charge in [0.15, 0.2) is 0 Å². The molecule has 0 aromatic carbocycles. The second-order valence-corrected chi connectivity index (χ2v) is 5.56. The van der Waals surface area contributed by atoms with Crippen LogP contribution in [-0.2, 0) is 15.9 Å². The van der Waals surface area contributed by atoms with Crippen molar-refractivity contribution in [1.82, 2.24) is 10.3 Å². The highest BCUT2D eigenvalue weighted by molar-refractivity contribution is 5.88. The van der Waals surface area contributed by atoms with E-state index in [4.69, 9.17) is 4.74 Å². The van der Waals surface area contributed by atoms with E-state index in [1.165, 1.54) is 13.3 Å². The Morgan fingerprint density at radius 3 is 2.52 bits per heavy atom. The fourth-order valence-electron chi connectivity index (χ4n) is 1.59. The molecule has 0 radical (unpaired) electrons. The summed E-state index contributed by atoms with van der Waals surface area (Å²) in [6, 6.07) is 3.45. The van der Waals surface area contributed by atoms with E-state index in [0.717, 1.165) is 12.1 Å². The highest BCUT2D eigenvalue weighted by Crippen LogP contribution is 2.07. The zero-order chi connectivity index (χ0) is 15.9. The lowest BCUT2D eigenvalue weighted by molar-refractivity contribution is 0.0526. The first-order chi connectivity index (χ1) is 9.81. The van der Waals surface area contributed by atoms with E-state index in [0.29, 0.717) is 18.5 Å². The number of aryl methyl sites for hydroxylation is 1. The quantitative estimate of drug-likeness (QED) is 0.666. The Labute approximate surface area is 124 Å². The topological polar surface area (TPSA) is 77.5 Å². The maximum atomic E-state index is 11.4. The first kappa shape index (κ1) is 16.9. The molecule has 0 bridgehead atoms. The number of hydrogen-bond acceptors (Lipinski definition) is 5. The van der Waals surface area contributed by atoms with Crippen LogP contribution in [-0.4, -0.2) is 36.3 Å². The molecule has 1 rings (SSSR count). The number of pyridine rings is 1. The Kier molecular flexibility index (Phi) is 6.14. The third-order valence-corrected chi connectivity index (χ3v) is 2.52. The van der Waals surface area contributed by atoms with Gasteiger partial charge in [-0.3, -0.25) is 4.98 Å². The van der Waals surface area contributed by atoms with Gasteiger partial charge in [-0.1, -0.05) is 0 Å². The van der Waals surface area contributed by atoms with Gasteiger partial charge in [0, 0.05) is 18.4 Å². The first-order valence-electron chi connectivity index (χ1n) is 6.82. The number of carbonyl (C=O) groups excluding carboxylic acids is 2. The largest absolute Gasteiger partial charge is 0.465 e.